The van der Waals surface area contributed by atoms with Crippen LogP contribution in [0.2, 0.25) is 5.02 Å². The van der Waals surface area contributed by atoms with E-state index < -0.39 is 18.1 Å². The topological polar surface area (TPSA) is 66.8 Å². The van der Waals surface area contributed by atoms with Crippen molar-refractivity contribution in [2.75, 3.05) is 6.54 Å². The fourth-order valence-corrected chi connectivity index (χ4v) is 2.64. The van der Waals surface area contributed by atoms with Crippen LogP contribution in [0.15, 0.2) is 48.5 Å². The van der Waals surface area contributed by atoms with Gasteiger partial charge in [-0.2, -0.15) is 0 Å². The van der Waals surface area contributed by atoms with Gasteiger partial charge in [0.25, 0.3) is 0 Å². The maximum absolute atomic E-state index is 12.4. The molecule has 1 amide bonds. The van der Waals surface area contributed by atoms with Gasteiger partial charge >= 0.3 is 12.1 Å². The summed E-state index contributed by atoms with van der Waals surface area (Å²) in [6, 6.07) is 13.0. The molecule has 6 heteroatoms. The third-order valence-corrected chi connectivity index (χ3v) is 4.24. The Morgan fingerprint density at radius 2 is 1.88 bits per heavy atom. The first-order valence-electron chi connectivity index (χ1n) is 7.90. The van der Waals surface area contributed by atoms with Crippen molar-refractivity contribution < 1.29 is 19.4 Å². The van der Waals surface area contributed by atoms with E-state index in [1.165, 1.54) is 4.90 Å². The molecule has 0 radical (unpaired) electrons. The molecule has 0 fully saturated rings. The van der Waals surface area contributed by atoms with Gasteiger partial charge in [0.1, 0.15) is 6.61 Å². The first-order valence-corrected chi connectivity index (χ1v) is 8.28. The molecule has 0 aliphatic rings. The van der Waals surface area contributed by atoms with Crippen LogP contribution in [0.3, 0.4) is 0 Å². The Kier molecular flexibility index (Phi) is 6.42. The summed E-state index contributed by atoms with van der Waals surface area (Å²) in [6.07, 6.45) is -0.685. The molecule has 0 aliphatic carbocycles. The lowest BCUT2D eigenvalue weighted by Crippen LogP contribution is -2.39. The fourth-order valence-electron chi connectivity index (χ4n) is 2.45. The van der Waals surface area contributed by atoms with Crippen LogP contribution in [0.5, 0.6) is 0 Å². The van der Waals surface area contributed by atoms with E-state index in [2.05, 4.69) is 0 Å². The number of halogens is 1. The molecule has 25 heavy (non-hydrogen) atoms. The summed E-state index contributed by atoms with van der Waals surface area (Å²) in [7, 11) is 0. The van der Waals surface area contributed by atoms with Crippen LogP contribution in [0.25, 0.3) is 0 Å². The van der Waals surface area contributed by atoms with Crippen LogP contribution in [-0.4, -0.2) is 28.6 Å². The van der Waals surface area contributed by atoms with Crippen LogP contribution in [-0.2, 0) is 16.1 Å². The monoisotopic (exact) mass is 361 g/mol. The van der Waals surface area contributed by atoms with Crippen molar-refractivity contribution in [1.29, 1.82) is 0 Å². The van der Waals surface area contributed by atoms with Crippen molar-refractivity contribution in [1.82, 2.24) is 4.90 Å². The average Bonchev–Trinajstić information content (AvgIpc) is 2.60. The minimum absolute atomic E-state index is 0.0805. The van der Waals surface area contributed by atoms with Crippen LogP contribution >= 0.6 is 11.6 Å². The van der Waals surface area contributed by atoms with E-state index in [-0.39, 0.29) is 13.2 Å². The van der Waals surface area contributed by atoms with Crippen molar-refractivity contribution in [3.05, 3.63) is 70.2 Å². The molecule has 1 atom stereocenters. The number of rotatable bonds is 6. The molecule has 5 nitrogen and oxygen atoms in total. The fraction of sp³-hybridized carbons (Fsp3) is 0.263. The van der Waals surface area contributed by atoms with Crippen molar-refractivity contribution in [2.24, 2.45) is 0 Å². The van der Waals surface area contributed by atoms with Gasteiger partial charge in [0, 0.05) is 11.6 Å². The summed E-state index contributed by atoms with van der Waals surface area (Å²) in [5.74, 6) is -1.14. The molecule has 1 N–H and O–H groups in total. The minimum atomic E-state index is -1.16. The van der Waals surface area contributed by atoms with E-state index in [4.69, 9.17) is 16.3 Å². The van der Waals surface area contributed by atoms with Gasteiger partial charge in [-0.05, 0) is 36.6 Å². The number of aliphatic carboxylic acids is 1. The van der Waals surface area contributed by atoms with Gasteiger partial charge in [0.2, 0.25) is 0 Å². The van der Waals surface area contributed by atoms with Gasteiger partial charge in [-0.3, -0.25) is 4.90 Å². The van der Waals surface area contributed by atoms with E-state index in [1.54, 1.807) is 25.1 Å². The molecule has 0 spiro atoms. The second-order valence-electron chi connectivity index (χ2n) is 5.58. The van der Waals surface area contributed by atoms with E-state index in [9.17, 15) is 14.7 Å². The summed E-state index contributed by atoms with van der Waals surface area (Å²) in [4.78, 5) is 25.4. The summed E-state index contributed by atoms with van der Waals surface area (Å²) in [5, 5.41) is 10.1. The lowest BCUT2D eigenvalue weighted by Gasteiger charge is -2.27. The number of hydrogen-bond acceptors (Lipinski definition) is 3. The third-order valence-electron chi connectivity index (χ3n) is 3.84. The van der Waals surface area contributed by atoms with Gasteiger partial charge in [-0.1, -0.05) is 54.1 Å². The Labute approximate surface area is 151 Å². The minimum Gasteiger partial charge on any atom is -0.479 e. The highest BCUT2D eigenvalue weighted by molar-refractivity contribution is 6.31. The van der Waals surface area contributed by atoms with E-state index in [0.717, 1.165) is 11.1 Å². The van der Waals surface area contributed by atoms with Gasteiger partial charge in [0.05, 0.1) is 0 Å². The Bertz CT molecular complexity index is 748. The molecular formula is C19H20ClNO4. The second-order valence-corrected chi connectivity index (χ2v) is 5.98. The van der Waals surface area contributed by atoms with Crippen LogP contribution in [0, 0.1) is 6.92 Å². The summed E-state index contributed by atoms with van der Waals surface area (Å²) in [5.41, 5.74) is 2.10. The molecule has 0 aliphatic heterocycles. The van der Waals surface area contributed by atoms with Gasteiger partial charge < -0.3 is 9.84 Å². The SMILES string of the molecule is CCN(C(=O)OCc1ccccc1)C(C(=O)O)c1ccc(C)c(Cl)c1. The van der Waals surface area contributed by atoms with E-state index >= 15 is 0 Å². The number of carbonyl (C=O) groups excluding carboxylic acids is 1. The highest BCUT2D eigenvalue weighted by Crippen LogP contribution is 2.26. The summed E-state index contributed by atoms with van der Waals surface area (Å²) in [6.45, 7) is 3.80. The van der Waals surface area contributed by atoms with Gasteiger partial charge in [-0.15, -0.1) is 0 Å². The van der Waals surface area contributed by atoms with Crippen LogP contribution in [0.4, 0.5) is 4.79 Å². The number of carboxylic acids is 1. The van der Waals surface area contributed by atoms with Crippen LogP contribution in [0.1, 0.15) is 29.7 Å². The molecule has 0 bridgehead atoms. The molecule has 2 aromatic carbocycles. The zero-order valence-corrected chi connectivity index (χ0v) is 14.9. The van der Waals surface area contributed by atoms with Gasteiger partial charge in [-0.25, -0.2) is 9.59 Å². The standard InChI is InChI=1S/C19H20ClNO4/c1-3-21(19(24)25-12-14-7-5-4-6-8-14)17(18(22)23)15-10-9-13(2)16(20)11-15/h4-11,17H,3,12H2,1-2H3,(H,22,23). The maximum atomic E-state index is 12.4. The van der Waals surface area contributed by atoms with E-state index in [0.29, 0.717) is 10.6 Å². The smallest absolute Gasteiger partial charge is 0.411 e. The predicted octanol–water partition coefficient (Wildman–Crippen LogP) is 4.43. The molecule has 0 heterocycles. The molecule has 2 aromatic rings. The molecule has 132 valence electrons. The van der Waals surface area contributed by atoms with Crippen molar-refractivity contribution in [3.63, 3.8) is 0 Å². The number of carboxylic acid groups (broad SMARTS) is 1. The normalized spacial score (nSPS) is 11.6. The molecular weight excluding hydrogens is 342 g/mol. The Morgan fingerprint density at radius 3 is 2.44 bits per heavy atom. The molecule has 0 saturated carbocycles. The zero-order valence-electron chi connectivity index (χ0n) is 14.1. The van der Waals surface area contributed by atoms with Crippen molar-refractivity contribution in [3.8, 4) is 0 Å². The number of benzene rings is 2. The highest BCUT2D eigenvalue weighted by Gasteiger charge is 2.31. The molecule has 2 rings (SSSR count). The van der Waals surface area contributed by atoms with Crippen molar-refractivity contribution >= 4 is 23.7 Å². The molecule has 0 aromatic heterocycles. The Balaban J connectivity index is 2.20. The number of aryl methyl sites for hydroxylation is 1. The number of hydrogen-bond donors (Lipinski definition) is 1. The number of likely N-dealkylation sites (N-methyl/N-ethyl adjacent to an activating group) is 1. The molecule has 1 unspecified atom stereocenters. The quantitative estimate of drug-likeness (QED) is 0.826. The lowest BCUT2D eigenvalue weighted by atomic mass is 10.0. The Morgan fingerprint density at radius 1 is 1.20 bits per heavy atom. The van der Waals surface area contributed by atoms with Gasteiger partial charge in [0.15, 0.2) is 6.04 Å². The highest BCUT2D eigenvalue weighted by atomic mass is 35.5. The predicted molar refractivity (Wildman–Crippen MR) is 95.6 cm³/mol. The first kappa shape index (κ1) is 18.8. The number of carbonyl (C=O) groups is 2. The average molecular weight is 362 g/mol. The largest absolute Gasteiger partial charge is 0.479 e. The zero-order chi connectivity index (χ0) is 18.4. The summed E-state index contributed by atoms with van der Waals surface area (Å²) >= 11 is 6.10. The third kappa shape index (κ3) is 4.73. The van der Waals surface area contributed by atoms with Crippen LogP contribution < -0.4 is 0 Å². The second kappa shape index (κ2) is 8.53. The number of nitrogens with zero attached hydrogens (tertiary/aromatic N) is 1. The number of amides is 1. The lowest BCUT2D eigenvalue weighted by molar-refractivity contribution is -0.143. The Hall–Kier alpha value is -2.53. The molecule has 0 saturated heterocycles. The van der Waals surface area contributed by atoms with Crippen molar-refractivity contribution in [2.45, 2.75) is 26.5 Å². The summed E-state index contributed by atoms with van der Waals surface area (Å²) < 4.78 is 5.28. The van der Waals surface area contributed by atoms with E-state index in [1.807, 2.05) is 37.3 Å². The first-order chi connectivity index (χ1) is 11.9. The number of ether oxygens (including phenoxy) is 1. The maximum Gasteiger partial charge on any atom is 0.411 e.